The second-order valence-corrected chi connectivity index (χ2v) is 4.33. The summed E-state index contributed by atoms with van der Waals surface area (Å²) in [5, 5.41) is 9.07. The summed E-state index contributed by atoms with van der Waals surface area (Å²) in [4.78, 5) is 0. The van der Waals surface area contributed by atoms with Gasteiger partial charge in [-0.3, -0.25) is 0 Å². The van der Waals surface area contributed by atoms with E-state index >= 15 is 0 Å². The fourth-order valence-electron chi connectivity index (χ4n) is 1.82. The van der Waals surface area contributed by atoms with Crippen molar-refractivity contribution in [2.75, 3.05) is 0 Å². The molecule has 0 unspecified atom stereocenters. The summed E-state index contributed by atoms with van der Waals surface area (Å²) in [6, 6.07) is 4.77. The van der Waals surface area contributed by atoms with E-state index in [-0.39, 0.29) is 0 Å². The second-order valence-electron chi connectivity index (χ2n) is 4.33. The SMILES string of the molecule is Cc1cc(C(C)C)n(C(C)C)c1C#N. The van der Waals surface area contributed by atoms with Gasteiger partial charge in [-0.1, -0.05) is 13.8 Å². The normalized spacial score (nSPS) is 11.0. The van der Waals surface area contributed by atoms with Crippen LogP contribution in [0, 0.1) is 18.3 Å². The molecule has 0 fully saturated rings. The topological polar surface area (TPSA) is 28.7 Å². The van der Waals surface area contributed by atoms with Gasteiger partial charge in [0.15, 0.2) is 0 Å². The molecule has 0 saturated carbocycles. The maximum atomic E-state index is 9.07. The molecule has 76 valence electrons. The van der Waals surface area contributed by atoms with E-state index in [2.05, 4.69) is 44.4 Å². The highest BCUT2D eigenvalue weighted by molar-refractivity contribution is 5.37. The minimum absolute atomic E-state index is 0.357. The first-order chi connectivity index (χ1) is 6.49. The monoisotopic (exact) mass is 190 g/mol. The van der Waals surface area contributed by atoms with Crippen LogP contribution in [0.15, 0.2) is 6.07 Å². The Labute approximate surface area is 86.2 Å². The minimum Gasteiger partial charge on any atom is -0.334 e. The van der Waals surface area contributed by atoms with Crippen LogP contribution in [0.2, 0.25) is 0 Å². The molecule has 1 rings (SSSR count). The quantitative estimate of drug-likeness (QED) is 0.702. The molecule has 0 aliphatic carbocycles. The van der Waals surface area contributed by atoms with E-state index in [9.17, 15) is 0 Å². The Morgan fingerprint density at radius 3 is 2.21 bits per heavy atom. The Hall–Kier alpha value is -1.23. The summed E-state index contributed by atoms with van der Waals surface area (Å²) in [7, 11) is 0. The number of nitriles is 1. The lowest BCUT2D eigenvalue weighted by Gasteiger charge is -2.16. The first-order valence-electron chi connectivity index (χ1n) is 5.10. The van der Waals surface area contributed by atoms with Crippen molar-refractivity contribution in [1.29, 1.82) is 5.26 Å². The molecule has 0 bridgehead atoms. The molecular weight excluding hydrogens is 172 g/mol. The molecule has 1 aromatic rings. The molecule has 0 aliphatic rings. The molecular formula is C12H18N2. The summed E-state index contributed by atoms with van der Waals surface area (Å²) in [6.45, 7) is 10.6. The number of nitrogens with zero attached hydrogens (tertiary/aromatic N) is 2. The van der Waals surface area contributed by atoms with Gasteiger partial charge in [0.25, 0.3) is 0 Å². The van der Waals surface area contributed by atoms with E-state index in [1.54, 1.807) is 0 Å². The molecule has 2 heteroatoms. The third-order valence-corrected chi connectivity index (χ3v) is 2.47. The number of hydrogen-bond donors (Lipinski definition) is 0. The highest BCUT2D eigenvalue weighted by Crippen LogP contribution is 2.25. The maximum absolute atomic E-state index is 9.07. The van der Waals surface area contributed by atoms with Gasteiger partial charge in [-0.15, -0.1) is 0 Å². The van der Waals surface area contributed by atoms with Crippen molar-refractivity contribution >= 4 is 0 Å². The zero-order chi connectivity index (χ0) is 10.9. The van der Waals surface area contributed by atoms with E-state index in [1.807, 2.05) is 6.92 Å². The van der Waals surface area contributed by atoms with Crippen LogP contribution in [-0.4, -0.2) is 4.57 Å². The van der Waals surface area contributed by atoms with E-state index in [4.69, 9.17) is 5.26 Å². The Morgan fingerprint density at radius 2 is 1.86 bits per heavy atom. The molecule has 1 aromatic heterocycles. The molecule has 0 aromatic carbocycles. The molecule has 2 nitrogen and oxygen atoms in total. The number of hydrogen-bond acceptors (Lipinski definition) is 1. The van der Waals surface area contributed by atoms with Crippen LogP contribution < -0.4 is 0 Å². The van der Waals surface area contributed by atoms with Crippen LogP contribution in [0.5, 0.6) is 0 Å². The smallest absolute Gasteiger partial charge is 0.123 e. The van der Waals surface area contributed by atoms with Crippen LogP contribution in [0.1, 0.15) is 56.6 Å². The van der Waals surface area contributed by atoms with Crippen molar-refractivity contribution in [3.8, 4) is 6.07 Å². The lowest BCUT2D eigenvalue weighted by Crippen LogP contribution is -2.09. The number of aromatic nitrogens is 1. The summed E-state index contributed by atoms with van der Waals surface area (Å²) in [6.07, 6.45) is 0. The van der Waals surface area contributed by atoms with E-state index in [0.717, 1.165) is 11.3 Å². The van der Waals surface area contributed by atoms with Crippen molar-refractivity contribution in [1.82, 2.24) is 4.57 Å². The molecule has 0 atom stereocenters. The van der Waals surface area contributed by atoms with Crippen LogP contribution >= 0.6 is 0 Å². The molecule has 0 saturated heterocycles. The molecule has 1 heterocycles. The van der Waals surface area contributed by atoms with Crippen molar-refractivity contribution < 1.29 is 0 Å². The lowest BCUT2D eigenvalue weighted by atomic mass is 10.1. The van der Waals surface area contributed by atoms with E-state index in [1.165, 1.54) is 5.69 Å². The van der Waals surface area contributed by atoms with Gasteiger partial charge in [0.2, 0.25) is 0 Å². The summed E-state index contributed by atoms with van der Waals surface area (Å²) < 4.78 is 2.14. The Morgan fingerprint density at radius 1 is 1.29 bits per heavy atom. The minimum atomic E-state index is 0.357. The van der Waals surface area contributed by atoms with Crippen molar-refractivity contribution in [2.24, 2.45) is 0 Å². The summed E-state index contributed by atoms with van der Waals surface area (Å²) in [5.41, 5.74) is 3.16. The first-order valence-corrected chi connectivity index (χ1v) is 5.10. The highest BCUT2D eigenvalue weighted by Gasteiger charge is 2.16. The fraction of sp³-hybridized carbons (Fsp3) is 0.583. The fourth-order valence-corrected chi connectivity index (χ4v) is 1.82. The van der Waals surface area contributed by atoms with Gasteiger partial charge in [-0.25, -0.2) is 0 Å². The van der Waals surface area contributed by atoms with Crippen LogP contribution in [0.25, 0.3) is 0 Å². The van der Waals surface area contributed by atoms with Crippen LogP contribution in [0.4, 0.5) is 0 Å². The number of rotatable bonds is 2. The van der Waals surface area contributed by atoms with E-state index in [0.29, 0.717) is 12.0 Å². The zero-order valence-electron chi connectivity index (χ0n) is 9.63. The Kier molecular flexibility index (Phi) is 3.00. The van der Waals surface area contributed by atoms with Crippen LogP contribution in [0.3, 0.4) is 0 Å². The third-order valence-electron chi connectivity index (χ3n) is 2.47. The Balaban J connectivity index is 3.40. The molecule has 0 N–H and O–H groups in total. The molecule has 14 heavy (non-hydrogen) atoms. The van der Waals surface area contributed by atoms with Gasteiger partial charge in [0.05, 0.1) is 0 Å². The van der Waals surface area contributed by atoms with Crippen molar-refractivity contribution in [3.63, 3.8) is 0 Å². The highest BCUT2D eigenvalue weighted by atomic mass is 15.0. The molecule has 0 spiro atoms. The lowest BCUT2D eigenvalue weighted by molar-refractivity contribution is 0.554. The van der Waals surface area contributed by atoms with Gasteiger partial charge >= 0.3 is 0 Å². The van der Waals surface area contributed by atoms with Gasteiger partial charge in [-0.2, -0.15) is 5.26 Å². The van der Waals surface area contributed by atoms with Crippen molar-refractivity contribution in [3.05, 3.63) is 23.0 Å². The molecule has 0 aliphatic heterocycles. The maximum Gasteiger partial charge on any atom is 0.123 e. The van der Waals surface area contributed by atoms with Gasteiger partial charge in [0, 0.05) is 11.7 Å². The molecule has 0 amide bonds. The zero-order valence-corrected chi connectivity index (χ0v) is 9.63. The van der Waals surface area contributed by atoms with Gasteiger partial charge in [0.1, 0.15) is 11.8 Å². The van der Waals surface area contributed by atoms with Crippen LogP contribution in [-0.2, 0) is 0 Å². The average Bonchev–Trinajstić information content (AvgIpc) is 2.42. The number of aryl methyl sites for hydroxylation is 1. The molecule has 0 radical (unpaired) electrons. The summed E-state index contributed by atoms with van der Waals surface area (Å²) >= 11 is 0. The predicted octanol–water partition coefficient (Wildman–Crippen LogP) is 3.37. The predicted molar refractivity (Wildman–Crippen MR) is 58.4 cm³/mol. The van der Waals surface area contributed by atoms with Gasteiger partial charge < -0.3 is 4.57 Å². The van der Waals surface area contributed by atoms with E-state index < -0.39 is 0 Å². The van der Waals surface area contributed by atoms with Gasteiger partial charge in [-0.05, 0) is 38.3 Å². The summed E-state index contributed by atoms with van der Waals surface area (Å²) in [5.74, 6) is 0.471. The third kappa shape index (κ3) is 1.68. The largest absolute Gasteiger partial charge is 0.334 e. The standard InChI is InChI=1S/C12H18N2/c1-8(2)11-6-10(5)12(7-13)14(11)9(3)4/h6,8-9H,1-5H3. The Bertz CT molecular complexity index is 364. The van der Waals surface area contributed by atoms with Crippen molar-refractivity contribution in [2.45, 2.75) is 46.6 Å². The average molecular weight is 190 g/mol. The first kappa shape index (κ1) is 10.8. The second kappa shape index (κ2) is 3.88.